The first-order valence-corrected chi connectivity index (χ1v) is 6.84. The molecule has 1 unspecified atom stereocenters. The minimum atomic E-state index is -4.61. The maximum atomic E-state index is 13.1. The number of benzene rings is 1. The number of aromatic amines is 1. The second-order valence-corrected chi connectivity index (χ2v) is 5.44. The van der Waals surface area contributed by atoms with E-state index < -0.39 is 17.9 Å². The fourth-order valence-electron chi connectivity index (χ4n) is 2.77. The number of ketones is 1. The number of carbonyl (C=O) groups is 1. The maximum absolute atomic E-state index is 13.1. The third-order valence-corrected chi connectivity index (χ3v) is 4.06. The minimum Gasteiger partial charge on any atom is -0.363 e. The number of fused-ring (bicyclic) bond motifs is 1. The standard InChI is InChI=1S/C14H11ClF3N3O/c1-21(11-12(14(16,17)18)19-20-13(11)15)9-6-10(22)8-5-3-2-4-7(8)9/h2-5,9H,6H2,1H3,(H,19,20). The number of rotatable bonds is 2. The Bertz CT molecular complexity index is 741. The number of nitrogens with one attached hydrogen (secondary N) is 1. The van der Waals surface area contributed by atoms with Crippen molar-refractivity contribution < 1.29 is 18.0 Å². The number of hydrogen-bond acceptors (Lipinski definition) is 3. The Kier molecular flexibility index (Phi) is 3.40. The van der Waals surface area contributed by atoms with Crippen LogP contribution < -0.4 is 4.90 Å². The molecular formula is C14H11ClF3N3O. The Hall–Kier alpha value is -2.02. The Labute approximate surface area is 128 Å². The molecule has 0 aliphatic heterocycles. The second kappa shape index (κ2) is 5.01. The van der Waals surface area contributed by atoms with Gasteiger partial charge in [-0.1, -0.05) is 35.9 Å². The van der Waals surface area contributed by atoms with Crippen LogP contribution in [-0.2, 0) is 6.18 Å². The lowest BCUT2D eigenvalue weighted by molar-refractivity contribution is -0.140. The summed E-state index contributed by atoms with van der Waals surface area (Å²) in [6, 6.07) is 6.39. The highest BCUT2D eigenvalue weighted by atomic mass is 35.5. The molecule has 116 valence electrons. The number of halogens is 4. The van der Waals surface area contributed by atoms with Gasteiger partial charge in [-0.2, -0.15) is 18.3 Å². The highest BCUT2D eigenvalue weighted by Crippen LogP contribution is 2.44. The summed E-state index contributed by atoms with van der Waals surface area (Å²) in [7, 11) is 1.48. The Morgan fingerprint density at radius 3 is 2.73 bits per heavy atom. The summed E-state index contributed by atoms with van der Waals surface area (Å²) >= 11 is 5.82. The number of aromatic nitrogens is 2. The maximum Gasteiger partial charge on any atom is 0.434 e. The molecule has 1 N–H and O–H groups in total. The fraction of sp³-hybridized carbons (Fsp3) is 0.286. The van der Waals surface area contributed by atoms with Gasteiger partial charge >= 0.3 is 6.18 Å². The number of anilines is 1. The molecule has 0 amide bonds. The smallest absolute Gasteiger partial charge is 0.363 e. The Balaban J connectivity index is 2.05. The minimum absolute atomic E-state index is 0.0966. The molecule has 0 bridgehead atoms. The van der Waals surface area contributed by atoms with Crippen molar-refractivity contribution in [2.24, 2.45) is 0 Å². The van der Waals surface area contributed by atoms with Gasteiger partial charge in [0.15, 0.2) is 16.6 Å². The molecule has 0 radical (unpaired) electrons. The summed E-state index contributed by atoms with van der Waals surface area (Å²) in [5.74, 6) is -0.0966. The summed E-state index contributed by atoms with van der Waals surface area (Å²) in [6.07, 6.45) is -4.50. The van der Waals surface area contributed by atoms with Crippen molar-refractivity contribution in [1.29, 1.82) is 0 Å². The van der Waals surface area contributed by atoms with E-state index in [9.17, 15) is 18.0 Å². The van der Waals surface area contributed by atoms with Crippen LogP contribution in [0.3, 0.4) is 0 Å². The molecule has 8 heteroatoms. The monoisotopic (exact) mass is 329 g/mol. The van der Waals surface area contributed by atoms with Gasteiger partial charge in [0.2, 0.25) is 0 Å². The van der Waals surface area contributed by atoms with Crippen molar-refractivity contribution in [3.63, 3.8) is 0 Å². The van der Waals surface area contributed by atoms with E-state index in [-0.39, 0.29) is 23.0 Å². The zero-order valence-corrected chi connectivity index (χ0v) is 12.2. The Morgan fingerprint density at radius 2 is 2.05 bits per heavy atom. The first kappa shape index (κ1) is 14.9. The van der Waals surface area contributed by atoms with E-state index in [1.807, 2.05) is 5.10 Å². The van der Waals surface area contributed by atoms with Gasteiger partial charge in [-0.3, -0.25) is 9.89 Å². The zero-order chi connectivity index (χ0) is 16.1. The van der Waals surface area contributed by atoms with Crippen LogP contribution in [0.15, 0.2) is 24.3 Å². The van der Waals surface area contributed by atoms with Crippen LogP contribution in [-0.4, -0.2) is 23.0 Å². The molecule has 3 rings (SSSR count). The third-order valence-electron chi connectivity index (χ3n) is 3.80. The van der Waals surface area contributed by atoms with Gasteiger partial charge in [-0.15, -0.1) is 0 Å². The van der Waals surface area contributed by atoms with Crippen molar-refractivity contribution in [1.82, 2.24) is 10.2 Å². The number of nitrogens with zero attached hydrogens (tertiary/aromatic N) is 2. The van der Waals surface area contributed by atoms with Gasteiger partial charge in [0.05, 0.1) is 6.04 Å². The normalized spacial score (nSPS) is 17.7. The van der Waals surface area contributed by atoms with E-state index in [2.05, 4.69) is 5.10 Å². The second-order valence-electron chi connectivity index (χ2n) is 5.08. The molecule has 2 aromatic rings. The lowest BCUT2D eigenvalue weighted by Crippen LogP contribution is -2.25. The van der Waals surface area contributed by atoms with Crippen LogP contribution in [0, 0.1) is 0 Å². The molecule has 4 nitrogen and oxygen atoms in total. The molecule has 1 aliphatic rings. The van der Waals surface area contributed by atoms with Crippen molar-refractivity contribution >= 4 is 23.1 Å². The lowest BCUT2D eigenvalue weighted by Gasteiger charge is -2.27. The summed E-state index contributed by atoms with van der Waals surface area (Å²) in [5.41, 5.74) is -0.0339. The van der Waals surface area contributed by atoms with Crippen LogP contribution in [0.1, 0.15) is 34.1 Å². The summed E-state index contributed by atoms with van der Waals surface area (Å²) in [5, 5.41) is 5.09. The molecule has 22 heavy (non-hydrogen) atoms. The molecule has 0 saturated carbocycles. The third kappa shape index (κ3) is 2.25. The molecular weight excluding hydrogens is 319 g/mol. The highest BCUT2D eigenvalue weighted by molar-refractivity contribution is 6.32. The molecule has 1 aliphatic carbocycles. The number of hydrogen-bond donors (Lipinski definition) is 1. The number of carbonyl (C=O) groups excluding carboxylic acids is 1. The first-order valence-electron chi connectivity index (χ1n) is 6.46. The Morgan fingerprint density at radius 1 is 1.36 bits per heavy atom. The average molecular weight is 330 g/mol. The predicted octanol–water partition coefficient (Wildman–Crippen LogP) is 3.85. The highest BCUT2D eigenvalue weighted by Gasteiger charge is 2.41. The van der Waals surface area contributed by atoms with Gasteiger partial charge in [0.25, 0.3) is 0 Å². The average Bonchev–Trinajstić information content (AvgIpc) is 3.00. The molecule has 1 aromatic carbocycles. The van der Waals surface area contributed by atoms with Gasteiger partial charge in [-0.05, 0) is 5.56 Å². The number of alkyl halides is 3. The lowest BCUT2D eigenvalue weighted by atomic mass is 10.1. The summed E-state index contributed by atoms with van der Waals surface area (Å²) in [6.45, 7) is 0. The van der Waals surface area contributed by atoms with E-state index in [0.29, 0.717) is 11.1 Å². The van der Waals surface area contributed by atoms with Crippen molar-refractivity contribution in [3.8, 4) is 0 Å². The van der Waals surface area contributed by atoms with Crippen molar-refractivity contribution in [3.05, 3.63) is 46.2 Å². The van der Waals surface area contributed by atoms with Gasteiger partial charge in [-0.25, -0.2) is 0 Å². The van der Waals surface area contributed by atoms with Crippen molar-refractivity contribution in [2.45, 2.75) is 18.6 Å². The molecule has 1 atom stereocenters. The first-order chi connectivity index (χ1) is 10.3. The quantitative estimate of drug-likeness (QED) is 0.910. The van der Waals surface area contributed by atoms with Gasteiger partial charge in [0, 0.05) is 19.0 Å². The molecule has 1 heterocycles. The van der Waals surface area contributed by atoms with E-state index >= 15 is 0 Å². The fourth-order valence-corrected chi connectivity index (χ4v) is 3.04. The van der Waals surface area contributed by atoms with Crippen molar-refractivity contribution in [2.75, 3.05) is 11.9 Å². The van der Waals surface area contributed by atoms with Crippen LogP contribution in [0.25, 0.3) is 0 Å². The van der Waals surface area contributed by atoms with E-state index in [1.54, 1.807) is 24.3 Å². The van der Waals surface area contributed by atoms with Crippen LogP contribution in [0.5, 0.6) is 0 Å². The molecule has 0 spiro atoms. The summed E-state index contributed by atoms with van der Waals surface area (Å²) < 4.78 is 39.2. The number of H-pyrrole nitrogens is 1. The predicted molar refractivity (Wildman–Crippen MR) is 75.1 cm³/mol. The van der Waals surface area contributed by atoms with E-state index in [0.717, 1.165) is 0 Å². The molecule has 0 fully saturated rings. The summed E-state index contributed by atoms with van der Waals surface area (Å²) in [4.78, 5) is 13.4. The van der Waals surface area contributed by atoms with E-state index in [1.165, 1.54) is 11.9 Å². The van der Waals surface area contributed by atoms with Crippen LogP contribution in [0.2, 0.25) is 5.15 Å². The molecule has 1 aromatic heterocycles. The van der Waals surface area contributed by atoms with Gasteiger partial charge in [0.1, 0.15) is 5.69 Å². The topological polar surface area (TPSA) is 49.0 Å². The van der Waals surface area contributed by atoms with Gasteiger partial charge < -0.3 is 4.90 Å². The van der Waals surface area contributed by atoms with Crippen LogP contribution >= 0.6 is 11.6 Å². The number of Topliss-reactive ketones (excluding diaryl/α,β-unsaturated/α-hetero) is 1. The molecule has 0 saturated heterocycles. The van der Waals surface area contributed by atoms with E-state index in [4.69, 9.17) is 11.6 Å². The zero-order valence-electron chi connectivity index (χ0n) is 11.4. The van der Waals surface area contributed by atoms with Crippen LogP contribution in [0.4, 0.5) is 18.9 Å². The SMILES string of the molecule is CN(c1c(Cl)n[nH]c1C(F)(F)F)C1CC(=O)c2ccccc21. The largest absolute Gasteiger partial charge is 0.434 e.